The maximum atomic E-state index is 10.5. The molecule has 4 nitrogen and oxygen atoms in total. The van der Waals surface area contributed by atoms with E-state index in [9.17, 15) is 8.42 Å². The summed E-state index contributed by atoms with van der Waals surface area (Å²) in [4.78, 5) is 0. The molecule has 0 fully saturated rings. The SMILES string of the molecule is CCCCCCCCCCCCCCCNCCS(=O)(=O)O. The van der Waals surface area contributed by atoms with E-state index in [1.54, 1.807) is 0 Å². The second-order valence-corrected chi connectivity index (χ2v) is 7.85. The van der Waals surface area contributed by atoms with Crippen LogP contribution in [0.4, 0.5) is 0 Å². The van der Waals surface area contributed by atoms with Gasteiger partial charge in [0.25, 0.3) is 10.1 Å². The van der Waals surface area contributed by atoms with Crippen molar-refractivity contribution in [2.24, 2.45) is 0 Å². The third-order valence-electron chi connectivity index (χ3n) is 3.99. The Morgan fingerprint density at radius 2 is 1.09 bits per heavy atom. The van der Waals surface area contributed by atoms with E-state index in [1.807, 2.05) is 0 Å². The van der Waals surface area contributed by atoms with E-state index in [1.165, 1.54) is 77.0 Å². The fraction of sp³-hybridized carbons (Fsp3) is 1.00. The molecule has 0 aliphatic rings. The molecule has 0 aliphatic carbocycles. The van der Waals surface area contributed by atoms with E-state index in [-0.39, 0.29) is 5.75 Å². The molecule has 0 saturated carbocycles. The number of unbranched alkanes of at least 4 members (excludes halogenated alkanes) is 12. The molecule has 0 spiro atoms. The van der Waals surface area contributed by atoms with E-state index in [0.717, 1.165) is 13.0 Å². The summed E-state index contributed by atoms with van der Waals surface area (Å²) in [6, 6.07) is 0. The summed E-state index contributed by atoms with van der Waals surface area (Å²) < 4.78 is 29.6. The van der Waals surface area contributed by atoms with Gasteiger partial charge in [-0.1, -0.05) is 84.0 Å². The van der Waals surface area contributed by atoms with E-state index >= 15 is 0 Å². The van der Waals surface area contributed by atoms with Crippen LogP contribution in [0.25, 0.3) is 0 Å². The van der Waals surface area contributed by atoms with Crippen LogP contribution in [0.3, 0.4) is 0 Å². The van der Waals surface area contributed by atoms with Crippen LogP contribution in [0.1, 0.15) is 90.4 Å². The van der Waals surface area contributed by atoms with Gasteiger partial charge in [-0.3, -0.25) is 4.55 Å². The van der Waals surface area contributed by atoms with Crippen molar-refractivity contribution in [2.45, 2.75) is 90.4 Å². The molecule has 134 valence electrons. The fourth-order valence-electron chi connectivity index (χ4n) is 2.59. The topological polar surface area (TPSA) is 66.4 Å². The van der Waals surface area contributed by atoms with Crippen LogP contribution in [0.2, 0.25) is 0 Å². The van der Waals surface area contributed by atoms with Gasteiger partial charge in [-0.25, -0.2) is 0 Å². The standard InChI is InChI=1S/C17H37NO3S/c1-2-3-4-5-6-7-8-9-10-11-12-13-14-15-18-16-17-22(19,20)21/h18H,2-17H2,1H3,(H,19,20,21). The van der Waals surface area contributed by atoms with Crippen molar-refractivity contribution in [2.75, 3.05) is 18.8 Å². The van der Waals surface area contributed by atoms with E-state index < -0.39 is 10.1 Å². The Hall–Kier alpha value is -0.130. The quantitative estimate of drug-likeness (QED) is 0.302. The summed E-state index contributed by atoms with van der Waals surface area (Å²) in [5, 5.41) is 3.04. The minimum absolute atomic E-state index is 0.189. The first-order valence-electron chi connectivity index (χ1n) is 9.22. The largest absolute Gasteiger partial charge is 0.316 e. The lowest BCUT2D eigenvalue weighted by Crippen LogP contribution is -2.23. The third-order valence-corrected chi connectivity index (χ3v) is 4.71. The summed E-state index contributed by atoms with van der Waals surface area (Å²) >= 11 is 0. The average Bonchev–Trinajstić information content (AvgIpc) is 2.45. The normalized spacial score (nSPS) is 11.9. The monoisotopic (exact) mass is 335 g/mol. The van der Waals surface area contributed by atoms with Crippen LogP contribution in [0.15, 0.2) is 0 Å². The van der Waals surface area contributed by atoms with Gasteiger partial charge in [0.05, 0.1) is 5.75 Å². The van der Waals surface area contributed by atoms with Gasteiger partial charge < -0.3 is 5.32 Å². The minimum Gasteiger partial charge on any atom is -0.316 e. The van der Waals surface area contributed by atoms with Gasteiger partial charge in [0, 0.05) is 6.54 Å². The van der Waals surface area contributed by atoms with Crippen LogP contribution in [-0.2, 0) is 10.1 Å². The zero-order valence-electron chi connectivity index (χ0n) is 14.5. The molecule has 5 heteroatoms. The zero-order valence-corrected chi connectivity index (χ0v) is 15.3. The first-order valence-corrected chi connectivity index (χ1v) is 10.8. The molecule has 0 aromatic heterocycles. The first-order chi connectivity index (χ1) is 10.6. The lowest BCUT2D eigenvalue weighted by Gasteiger charge is -2.04. The molecule has 0 unspecified atom stereocenters. The third kappa shape index (κ3) is 19.9. The predicted octanol–water partition coefficient (Wildman–Crippen LogP) is 4.56. The molecule has 0 atom stereocenters. The highest BCUT2D eigenvalue weighted by Crippen LogP contribution is 2.12. The Bertz CT molecular complexity index is 318. The second kappa shape index (κ2) is 15.8. The molecule has 0 heterocycles. The molecule has 0 aromatic rings. The lowest BCUT2D eigenvalue weighted by molar-refractivity contribution is 0.479. The molecule has 2 N–H and O–H groups in total. The molecule has 0 amide bonds. The average molecular weight is 336 g/mol. The van der Waals surface area contributed by atoms with Crippen LogP contribution < -0.4 is 5.32 Å². The smallest absolute Gasteiger partial charge is 0.266 e. The molecule has 0 aromatic carbocycles. The van der Waals surface area contributed by atoms with Crippen molar-refractivity contribution in [1.29, 1.82) is 0 Å². The van der Waals surface area contributed by atoms with Gasteiger partial charge in [-0.15, -0.1) is 0 Å². The van der Waals surface area contributed by atoms with Gasteiger partial charge in [0.15, 0.2) is 0 Å². The Labute approximate surface area is 138 Å². The van der Waals surface area contributed by atoms with Crippen molar-refractivity contribution in [1.82, 2.24) is 5.32 Å². The second-order valence-electron chi connectivity index (χ2n) is 6.28. The van der Waals surface area contributed by atoms with Crippen molar-refractivity contribution in [3.8, 4) is 0 Å². The minimum atomic E-state index is -3.81. The fourth-order valence-corrected chi connectivity index (χ4v) is 3.00. The van der Waals surface area contributed by atoms with Gasteiger partial charge in [-0.05, 0) is 13.0 Å². The molecule has 0 bridgehead atoms. The van der Waals surface area contributed by atoms with Gasteiger partial charge in [0.2, 0.25) is 0 Å². The van der Waals surface area contributed by atoms with Crippen molar-refractivity contribution < 1.29 is 13.0 Å². The number of rotatable bonds is 17. The Morgan fingerprint density at radius 3 is 1.50 bits per heavy atom. The molecule has 0 radical (unpaired) electrons. The Kier molecular flexibility index (Phi) is 15.7. The number of hydrogen-bond acceptors (Lipinski definition) is 3. The van der Waals surface area contributed by atoms with Gasteiger partial charge in [0.1, 0.15) is 0 Å². The van der Waals surface area contributed by atoms with Crippen LogP contribution in [0, 0.1) is 0 Å². The number of hydrogen-bond donors (Lipinski definition) is 2. The Morgan fingerprint density at radius 1 is 0.682 bits per heavy atom. The summed E-state index contributed by atoms with van der Waals surface area (Å²) in [6.07, 6.45) is 17.4. The first kappa shape index (κ1) is 21.9. The molecule has 22 heavy (non-hydrogen) atoms. The highest BCUT2D eigenvalue weighted by molar-refractivity contribution is 7.85. The van der Waals surface area contributed by atoms with Crippen molar-refractivity contribution in [3.05, 3.63) is 0 Å². The Balaban J connectivity index is 3.03. The number of nitrogens with one attached hydrogen (secondary N) is 1. The maximum absolute atomic E-state index is 10.5. The molecule has 0 rings (SSSR count). The summed E-state index contributed by atoms with van der Waals surface area (Å²) in [5.74, 6) is -0.189. The van der Waals surface area contributed by atoms with Gasteiger partial charge >= 0.3 is 0 Å². The molecular weight excluding hydrogens is 298 g/mol. The van der Waals surface area contributed by atoms with E-state index in [4.69, 9.17) is 4.55 Å². The van der Waals surface area contributed by atoms with E-state index in [2.05, 4.69) is 12.2 Å². The molecular formula is C17H37NO3S. The maximum Gasteiger partial charge on any atom is 0.266 e. The van der Waals surface area contributed by atoms with Crippen LogP contribution >= 0.6 is 0 Å². The summed E-state index contributed by atoms with van der Waals surface area (Å²) in [5.41, 5.74) is 0. The highest BCUT2D eigenvalue weighted by atomic mass is 32.2. The van der Waals surface area contributed by atoms with Crippen LogP contribution in [-0.4, -0.2) is 31.8 Å². The summed E-state index contributed by atoms with van der Waals surface area (Å²) in [6.45, 7) is 3.44. The zero-order chi connectivity index (χ0) is 16.5. The van der Waals surface area contributed by atoms with Crippen LogP contribution in [0.5, 0.6) is 0 Å². The highest BCUT2D eigenvalue weighted by Gasteiger charge is 2.02. The van der Waals surface area contributed by atoms with Crippen molar-refractivity contribution in [3.63, 3.8) is 0 Å². The lowest BCUT2D eigenvalue weighted by atomic mass is 10.0. The molecule has 0 saturated heterocycles. The predicted molar refractivity (Wildman–Crippen MR) is 95.0 cm³/mol. The molecule has 0 aliphatic heterocycles. The van der Waals surface area contributed by atoms with Crippen molar-refractivity contribution >= 4 is 10.1 Å². The van der Waals surface area contributed by atoms with E-state index in [0.29, 0.717) is 6.54 Å². The summed E-state index contributed by atoms with van der Waals surface area (Å²) in [7, 11) is -3.81. The van der Waals surface area contributed by atoms with Gasteiger partial charge in [-0.2, -0.15) is 8.42 Å².